The summed E-state index contributed by atoms with van der Waals surface area (Å²) in [6.45, 7) is 3.52. The monoisotopic (exact) mass is 378 g/mol. The van der Waals surface area contributed by atoms with Crippen LogP contribution in [-0.4, -0.2) is 46.4 Å². The van der Waals surface area contributed by atoms with Crippen molar-refractivity contribution in [2.24, 2.45) is 0 Å². The number of rotatable bonds is 3. The average molecular weight is 379 g/mol. The van der Waals surface area contributed by atoms with E-state index in [4.69, 9.17) is 0 Å². The molecule has 4 N–H and O–H groups in total. The largest absolute Gasteiger partial charge is 0.504 e. The second kappa shape index (κ2) is 8.61. The molecule has 2 aromatic rings. The van der Waals surface area contributed by atoms with Crippen molar-refractivity contribution in [2.75, 3.05) is 26.2 Å². The third-order valence-corrected chi connectivity index (χ3v) is 4.71. The van der Waals surface area contributed by atoms with E-state index < -0.39 is 5.75 Å². The Morgan fingerprint density at radius 1 is 1.00 bits per heavy atom. The first-order valence-electron chi connectivity index (χ1n) is 6.90. The fraction of sp³-hybridized carbons (Fsp3) is 0.333. The van der Waals surface area contributed by atoms with Crippen molar-refractivity contribution in [1.29, 1.82) is 0 Å². The maximum absolute atomic E-state index is 10.2. The number of aromatic hydroxyl groups is 3. The lowest BCUT2D eigenvalue weighted by Gasteiger charge is -2.35. The van der Waals surface area contributed by atoms with Gasteiger partial charge in [-0.25, -0.2) is 0 Å². The summed E-state index contributed by atoms with van der Waals surface area (Å²) in [6.07, 6.45) is 0. The molecule has 0 radical (unpaired) electrons. The molecule has 0 spiro atoms. The number of thiophene rings is 1. The smallest absolute Gasteiger partial charge is 0.200 e. The van der Waals surface area contributed by atoms with Crippen LogP contribution in [0.3, 0.4) is 0 Å². The second-order valence-corrected chi connectivity index (χ2v) is 6.05. The highest BCUT2D eigenvalue weighted by atomic mass is 35.5. The molecular formula is C15H20Cl2N2O3S. The molecule has 1 aliphatic heterocycles. The summed E-state index contributed by atoms with van der Waals surface area (Å²) in [5.74, 6) is -1.00. The molecule has 2 heterocycles. The third-order valence-electron chi connectivity index (χ3n) is 3.79. The van der Waals surface area contributed by atoms with Gasteiger partial charge in [-0.1, -0.05) is 6.07 Å². The van der Waals surface area contributed by atoms with Crippen LogP contribution in [0.2, 0.25) is 0 Å². The lowest BCUT2D eigenvalue weighted by molar-refractivity contribution is 0.197. The number of halogens is 2. The van der Waals surface area contributed by atoms with E-state index >= 15 is 0 Å². The number of benzene rings is 1. The molecular weight excluding hydrogens is 359 g/mol. The molecule has 1 aliphatic rings. The molecule has 1 aromatic carbocycles. The number of nitrogens with zero attached hydrogens (tertiary/aromatic N) is 1. The number of nitrogens with one attached hydrogen (secondary N) is 1. The van der Waals surface area contributed by atoms with E-state index in [2.05, 4.69) is 10.2 Å². The first-order valence-corrected chi connectivity index (χ1v) is 7.78. The molecule has 1 aromatic heterocycles. The van der Waals surface area contributed by atoms with E-state index in [9.17, 15) is 15.3 Å². The van der Waals surface area contributed by atoms with Crippen LogP contribution in [0.15, 0.2) is 29.6 Å². The molecule has 128 valence electrons. The molecule has 3 rings (SSSR count). The SMILES string of the molecule is Cl.Cl.Oc1ccc([C@H](c2cccs2)N2CCNCC2)c(O)c1O. The average Bonchev–Trinajstić information content (AvgIpc) is 3.03. The van der Waals surface area contributed by atoms with Gasteiger partial charge in [0.15, 0.2) is 11.5 Å². The molecule has 5 nitrogen and oxygen atoms in total. The molecule has 0 saturated carbocycles. The van der Waals surface area contributed by atoms with E-state index in [-0.39, 0.29) is 42.4 Å². The summed E-state index contributed by atoms with van der Waals surface area (Å²) in [4.78, 5) is 3.38. The number of piperazine rings is 1. The number of hydrogen-bond acceptors (Lipinski definition) is 6. The summed E-state index contributed by atoms with van der Waals surface area (Å²) < 4.78 is 0. The van der Waals surface area contributed by atoms with Gasteiger partial charge in [0.25, 0.3) is 0 Å². The highest BCUT2D eigenvalue weighted by Crippen LogP contribution is 2.44. The number of phenols is 3. The molecule has 23 heavy (non-hydrogen) atoms. The molecule has 0 amide bonds. The van der Waals surface area contributed by atoms with Crippen molar-refractivity contribution in [2.45, 2.75) is 6.04 Å². The first-order chi connectivity index (χ1) is 10.2. The molecule has 1 saturated heterocycles. The van der Waals surface area contributed by atoms with E-state index in [0.29, 0.717) is 5.56 Å². The highest BCUT2D eigenvalue weighted by molar-refractivity contribution is 7.10. The van der Waals surface area contributed by atoms with Crippen molar-refractivity contribution in [3.05, 3.63) is 40.1 Å². The maximum atomic E-state index is 10.2. The summed E-state index contributed by atoms with van der Waals surface area (Å²) in [6, 6.07) is 7.00. The van der Waals surface area contributed by atoms with Crippen molar-refractivity contribution in [1.82, 2.24) is 10.2 Å². The Labute approximate surface area is 151 Å². The lowest BCUT2D eigenvalue weighted by atomic mass is 10.0. The molecule has 0 unspecified atom stereocenters. The van der Waals surface area contributed by atoms with Crippen LogP contribution in [0.25, 0.3) is 0 Å². The van der Waals surface area contributed by atoms with Crippen molar-refractivity contribution < 1.29 is 15.3 Å². The van der Waals surface area contributed by atoms with Crippen LogP contribution in [0.1, 0.15) is 16.5 Å². The Balaban J connectivity index is 0.00000132. The van der Waals surface area contributed by atoms with E-state index in [0.717, 1.165) is 31.1 Å². The minimum Gasteiger partial charge on any atom is -0.504 e. The predicted octanol–water partition coefficient (Wildman–Crippen LogP) is 2.70. The van der Waals surface area contributed by atoms with Gasteiger partial charge in [0, 0.05) is 36.6 Å². The Morgan fingerprint density at radius 3 is 2.30 bits per heavy atom. The fourth-order valence-corrected chi connectivity index (χ4v) is 3.60. The van der Waals surface area contributed by atoms with Gasteiger partial charge in [0.05, 0.1) is 6.04 Å². The quantitative estimate of drug-likeness (QED) is 0.617. The summed E-state index contributed by atoms with van der Waals surface area (Å²) in [5, 5.41) is 34.9. The molecule has 8 heteroatoms. The second-order valence-electron chi connectivity index (χ2n) is 5.08. The topological polar surface area (TPSA) is 76.0 Å². The number of hydrogen-bond donors (Lipinski definition) is 4. The zero-order valence-electron chi connectivity index (χ0n) is 12.3. The highest BCUT2D eigenvalue weighted by Gasteiger charge is 2.28. The summed E-state index contributed by atoms with van der Waals surface area (Å²) in [5.41, 5.74) is 0.620. The summed E-state index contributed by atoms with van der Waals surface area (Å²) >= 11 is 1.62. The van der Waals surface area contributed by atoms with Gasteiger partial charge in [-0.2, -0.15) is 0 Å². The Hall–Kier alpha value is -1.18. The molecule has 1 fully saturated rings. The van der Waals surface area contributed by atoms with Crippen LogP contribution in [-0.2, 0) is 0 Å². The van der Waals surface area contributed by atoms with Gasteiger partial charge in [-0.3, -0.25) is 4.90 Å². The molecule has 1 atom stereocenters. The standard InChI is InChI=1S/C15H18N2O3S.2ClH/c18-11-4-3-10(14(19)15(11)20)13(12-2-1-9-21-12)17-7-5-16-6-8-17;;/h1-4,9,13,16,18-20H,5-8H2;2*1H/t13-;;/m1../s1. The van der Waals surface area contributed by atoms with Crippen molar-refractivity contribution in [3.63, 3.8) is 0 Å². The lowest BCUT2D eigenvalue weighted by Crippen LogP contribution is -2.45. The number of phenolic OH excluding ortho intramolecular Hbond substituents is 3. The van der Waals surface area contributed by atoms with Crippen LogP contribution in [0, 0.1) is 0 Å². The van der Waals surface area contributed by atoms with Gasteiger partial charge in [0.2, 0.25) is 5.75 Å². The van der Waals surface area contributed by atoms with Crippen LogP contribution in [0.5, 0.6) is 17.2 Å². The Kier molecular flexibility index (Phi) is 7.44. The first kappa shape index (κ1) is 19.9. The van der Waals surface area contributed by atoms with Crippen molar-refractivity contribution >= 4 is 36.2 Å². The van der Waals surface area contributed by atoms with Gasteiger partial charge >= 0.3 is 0 Å². The van der Waals surface area contributed by atoms with E-state index in [1.54, 1.807) is 17.4 Å². The maximum Gasteiger partial charge on any atom is 0.200 e. The van der Waals surface area contributed by atoms with Gasteiger partial charge in [-0.05, 0) is 23.6 Å². The van der Waals surface area contributed by atoms with Crippen LogP contribution >= 0.6 is 36.2 Å². The zero-order valence-corrected chi connectivity index (χ0v) is 14.8. The fourth-order valence-electron chi connectivity index (χ4n) is 2.72. The van der Waals surface area contributed by atoms with Crippen LogP contribution < -0.4 is 5.32 Å². The predicted molar refractivity (Wildman–Crippen MR) is 96.5 cm³/mol. The Morgan fingerprint density at radius 2 is 1.70 bits per heavy atom. The van der Waals surface area contributed by atoms with Gasteiger partial charge in [0.1, 0.15) is 0 Å². The minimum atomic E-state index is -0.454. The van der Waals surface area contributed by atoms with E-state index in [1.807, 2.05) is 17.5 Å². The van der Waals surface area contributed by atoms with Crippen LogP contribution in [0.4, 0.5) is 0 Å². The van der Waals surface area contributed by atoms with Gasteiger partial charge in [-0.15, -0.1) is 36.2 Å². The van der Waals surface area contributed by atoms with E-state index in [1.165, 1.54) is 6.07 Å². The summed E-state index contributed by atoms with van der Waals surface area (Å²) in [7, 11) is 0. The third kappa shape index (κ3) is 4.02. The molecule has 0 bridgehead atoms. The molecule has 0 aliphatic carbocycles. The normalized spacial score (nSPS) is 16.2. The van der Waals surface area contributed by atoms with Crippen molar-refractivity contribution in [3.8, 4) is 17.2 Å². The van der Waals surface area contributed by atoms with Gasteiger partial charge < -0.3 is 20.6 Å². The zero-order chi connectivity index (χ0) is 14.8. The minimum absolute atomic E-state index is 0. The Bertz CT molecular complexity index is 619.